The molecular weight excluding hydrogens is 398 g/mol. The summed E-state index contributed by atoms with van der Waals surface area (Å²) in [6.07, 6.45) is -0.599. The van der Waals surface area contributed by atoms with Crippen molar-refractivity contribution in [3.05, 3.63) is 67.3 Å². The van der Waals surface area contributed by atoms with Crippen molar-refractivity contribution < 1.29 is 9.50 Å². The molecule has 0 bridgehead atoms. The van der Waals surface area contributed by atoms with E-state index in [0.29, 0.717) is 10.6 Å². The van der Waals surface area contributed by atoms with E-state index in [1.54, 1.807) is 12.1 Å². The number of halogens is 4. The molecule has 2 aromatic rings. The number of aliphatic hydroxyl groups is 1. The van der Waals surface area contributed by atoms with Gasteiger partial charge in [0.05, 0.1) is 6.10 Å². The summed E-state index contributed by atoms with van der Waals surface area (Å²) in [5, 5.41) is 10.6. The Morgan fingerprint density at radius 2 is 1.84 bits per heavy atom. The van der Waals surface area contributed by atoms with Crippen molar-refractivity contribution in [3.63, 3.8) is 0 Å². The SMILES string of the molecule is OC(Cc1cc(Cl)ccc1F)c1ccc(Br)c(Br)c1. The third-order valence-electron chi connectivity index (χ3n) is 2.75. The van der Waals surface area contributed by atoms with Gasteiger partial charge in [-0.25, -0.2) is 4.39 Å². The molecule has 5 heteroatoms. The lowest BCUT2D eigenvalue weighted by Gasteiger charge is -2.13. The molecule has 0 saturated carbocycles. The third kappa shape index (κ3) is 3.78. The van der Waals surface area contributed by atoms with Gasteiger partial charge in [0.1, 0.15) is 5.82 Å². The van der Waals surface area contributed by atoms with Gasteiger partial charge in [0.2, 0.25) is 0 Å². The molecule has 1 nitrogen and oxygen atoms in total. The lowest BCUT2D eigenvalue weighted by Crippen LogP contribution is -2.03. The summed E-state index contributed by atoms with van der Waals surface area (Å²) in [7, 11) is 0. The maximum absolute atomic E-state index is 13.6. The third-order valence-corrected chi connectivity index (χ3v) is 4.86. The van der Waals surface area contributed by atoms with E-state index in [1.165, 1.54) is 18.2 Å². The maximum atomic E-state index is 13.6. The van der Waals surface area contributed by atoms with Gasteiger partial charge in [-0.05, 0) is 73.3 Å². The van der Waals surface area contributed by atoms with Gasteiger partial charge in [0.15, 0.2) is 0 Å². The van der Waals surface area contributed by atoms with Crippen LogP contribution in [-0.2, 0) is 6.42 Å². The molecule has 100 valence electrons. The topological polar surface area (TPSA) is 20.2 Å². The van der Waals surface area contributed by atoms with Crippen molar-refractivity contribution >= 4 is 43.5 Å². The van der Waals surface area contributed by atoms with Gasteiger partial charge in [0, 0.05) is 20.4 Å². The number of hydrogen-bond donors (Lipinski definition) is 1. The van der Waals surface area contributed by atoms with Crippen molar-refractivity contribution in [1.82, 2.24) is 0 Å². The highest BCUT2D eigenvalue weighted by molar-refractivity contribution is 9.13. The number of aliphatic hydroxyl groups excluding tert-OH is 1. The van der Waals surface area contributed by atoms with Gasteiger partial charge >= 0.3 is 0 Å². The fraction of sp³-hybridized carbons (Fsp3) is 0.143. The first-order chi connectivity index (χ1) is 8.97. The van der Waals surface area contributed by atoms with Gasteiger partial charge in [-0.1, -0.05) is 17.7 Å². The summed E-state index contributed by atoms with van der Waals surface area (Å²) >= 11 is 12.6. The van der Waals surface area contributed by atoms with E-state index in [0.717, 1.165) is 14.5 Å². The molecule has 0 saturated heterocycles. The van der Waals surface area contributed by atoms with Crippen molar-refractivity contribution in [3.8, 4) is 0 Å². The van der Waals surface area contributed by atoms with E-state index in [-0.39, 0.29) is 12.2 Å². The van der Waals surface area contributed by atoms with Gasteiger partial charge < -0.3 is 5.11 Å². The summed E-state index contributed by atoms with van der Waals surface area (Å²) in [5.74, 6) is -0.361. The van der Waals surface area contributed by atoms with E-state index in [2.05, 4.69) is 31.9 Å². The number of hydrogen-bond acceptors (Lipinski definition) is 1. The van der Waals surface area contributed by atoms with Crippen LogP contribution in [0.5, 0.6) is 0 Å². The minimum absolute atomic E-state index is 0.181. The Kier molecular flexibility index (Phi) is 5.01. The van der Waals surface area contributed by atoms with Crippen molar-refractivity contribution in [1.29, 1.82) is 0 Å². The molecule has 1 unspecified atom stereocenters. The molecule has 2 rings (SSSR count). The van der Waals surface area contributed by atoms with E-state index in [9.17, 15) is 9.50 Å². The van der Waals surface area contributed by atoms with E-state index in [4.69, 9.17) is 11.6 Å². The zero-order valence-corrected chi connectivity index (χ0v) is 13.6. The van der Waals surface area contributed by atoms with Crippen LogP contribution < -0.4 is 0 Å². The summed E-state index contributed by atoms with van der Waals surface area (Å²) in [6.45, 7) is 0. The molecule has 0 aliphatic carbocycles. The Hall–Kier alpha value is -0.420. The standard InChI is InChI=1S/C14H10Br2ClFO/c15-11-3-1-8(6-12(11)16)14(19)7-9-5-10(17)2-4-13(9)18/h1-6,14,19H,7H2. The Balaban J connectivity index is 2.22. The molecular formula is C14H10Br2ClFO. The zero-order chi connectivity index (χ0) is 14.0. The Morgan fingerprint density at radius 1 is 1.11 bits per heavy atom. The monoisotopic (exact) mass is 406 g/mol. The predicted octanol–water partition coefficient (Wildman–Crippen LogP) is 5.28. The van der Waals surface area contributed by atoms with E-state index >= 15 is 0 Å². The fourth-order valence-corrected chi connectivity index (χ4v) is 2.58. The molecule has 0 aliphatic heterocycles. The number of benzene rings is 2. The van der Waals surface area contributed by atoms with Gasteiger partial charge in [-0.3, -0.25) is 0 Å². The molecule has 19 heavy (non-hydrogen) atoms. The minimum Gasteiger partial charge on any atom is -0.388 e. The Morgan fingerprint density at radius 3 is 2.53 bits per heavy atom. The summed E-state index contributed by atoms with van der Waals surface area (Å²) < 4.78 is 15.3. The lowest BCUT2D eigenvalue weighted by molar-refractivity contribution is 0.177. The first-order valence-corrected chi connectivity index (χ1v) is 7.50. The highest BCUT2D eigenvalue weighted by Gasteiger charge is 2.13. The van der Waals surface area contributed by atoms with Crippen molar-refractivity contribution in [2.45, 2.75) is 12.5 Å². The molecule has 1 N–H and O–H groups in total. The van der Waals surface area contributed by atoms with E-state index in [1.807, 2.05) is 6.07 Å². The van der Waals surface area contributed by atoms with Crippen LogP contribution in [0, 0.1) is 5.82 Å². The molecule has 0 aromatic heterocycles. The van der Waals surface area contributed by atoms with Crippen molar-refractivity contribution in [2.24, 2.45) is 0 Å². The van der Waals surface area contributed by atoms with Crippen LogP contribution >= 0.6 is 43.5 Å². The van der Waals surface area contributed by atoms with Gasteiger partial charge in [-0.2, -0.15) is 0 Å². The molecule has 1 atom stereocenters. The van der Waals surface area contributed by atoms with E-state index < -0.39 is 6.10 Å². The normalized spacial score (nSPS) is 12.5. The first-order valence-electron chi connectivity index (χ1n) is 5.54. The first kappa shape index (κ1) is 15.0. The highest BCUT2D eigenvalue weighted by atomic mass is 79.9. The Labute approximate surface area is 132 Å². The Bertz CT molecular complexity index is 604. The number of rotatable bonds is 3. The lowest BCUT2D eigenvalue weighted by atomic mass is 10.0. The largest absolute Gasteiger partial charge is 0.388 e. The second kappa shape index (κ2) is 6.35. The zero-order valence-electron chi connectivity index (χ0n) is 9.71. The van der Waals surface area contributed by atoms with Crippen LogP contribution in [-0.4, -0.2) is 5.11 Å². The van der Waals surface area contributed by atoms with Gasteiger partial charge in [0.25, 0.3) is 0 Å². The molecule has 0 aliphatic rings. The fourth-order valence-electron chi connectivity index (χ4n) is 1.75. The predicted molar refractivity (Wildman–Crippen MR) is 81.9 cm³/mol. The molecule has 0 amide bonds. The molecule has 2 aromatic carbocycles. The van der Waals surface area contributed by atoms with Crippen LogP contribution in [0.2, 0.25) is 5.02 Å². The van der Waals surface area contributed by atoms with Crippen LogP contribution in [0.25, 0.3) is 0 Å². The highest BCUT2D eigenvalue weighted by Crippen LogP contribution is 2.28. The van der Waals surface area contributed by atoms with Crippen LogP contribution in [0.1, 0.15) is 17.2 Å². The molecule has 0 spiro atoms. The average molecular weight is 408 g/mol. The van der Waals surface area contributed by atoms with Crippen LogP contribution in [0.3, 0.4) is 0 Å². The second-order valence-corrected chi connectivity index (χ2v) is 6.27. The molecule has 0 radical (unpaired) electrons. The average Bonchev–Trinajstić information content (AvgIpc) is 2.37. The second-order valence-electron chi connectivity index (χ2n) is 4.13. The summed E-state index contributed by atoms with van der Waals surface area (Å²) in [5.41, 5.74) is 1.12. The molecule has 0 heterocycles. The van der Waals surface area contributed by atoms with Crippen LogP contribution in [0.15, 0.2) is 45.3 Å². The quantitative estimate of drug-likeness (QED) is 0.733. The molecule has 0 fully saturated rings. The summed E-state index contributed by atoms with van der Waals surface area (Å²) in [4.78, 5) is 0. The van der Waals surface area contributed by atoms with Gasteiger partial charge in [-0.15, -0.1) is 0 Å². The summed E-state index contributed by atoms with van der Waals surface area (Å²) in [6, 6.07) is 9.76. The smallest absolute Gasteiger partial charge is 0.126 e. The van der Waals surface area contributed by atoms with Crippen LogP contribution in [0.4, 0.5) is 4.39 Å². The maximum Gasteiger partial charge on any atom is 0.126 e. The minimum atomic E-state index is -0.780. The van der Waals surface area contributed by atoms with Crippen molar-refractivity contribution in [2.75, 3.05) is 0 Å².